The Hall–Kier alpha value is -8.33. The number of para-hydroxylation sites is 1. The molecule has 3 heterocycles. The zero-order chi connectivity index (χ0) is 67.0. The van der Waals surface area contributed by atoms with Gasteiger partial charge in [0.05, 0.1) is 13.2 Å². The number of carbonyl (C=O) groups excluding carboxylic acids is 10. The Bertz CT molecular complexity index is 2920. The van der Waals surface area contributed by atoms with Crippen molar-refractivity contribution in [3.05, 3.63) is 65.9 Å². The van der Waals surface area contributed by atoms with Crippen LogP contribution in [0.25, 0.3) is 10.9 Å². The fraction of sp³-hybridized carbons (Fsp3) is 0.615. The van der Waals surface area contributed by atoms with Crippen LogP contribution in [0.1, 0.15) is 160 Å². The lowest BCUT2D eigenvalue weighted by Gasteiger charge is -2.30. The van der Waals surface area contributed by atoms with Gasteiger partial charge in [-0.15, -0.1) is 0 Å². The van der Waals surface area contributed by atoms with Crippen molar-refractivity contribution in [2.75, 3.05) is 39.3 Å². The molecule has 27 heteroatoms. The molecule has 2 aromatic carbocycles. The number of aromatic hydroxyl groups is 1. The van der Waals surface area contributed by atoms with Crippen LogP contribution in [0, 0.1) is 5.92 Å². The number of aromatic amines is 1. The molecule has 18 N–H and O–H groups in total. The van der Waals surface area contributed by atoms with Gasteiger partial charge in [0.2, 0.25) is 59.1 Å². The van der Waals surface area contributed by atoms with Crippen LogP contribution >= 0.6 is 0 Å². The van der Waals surface area contributed by atoms with Gasteiger partial charge in [0.1, 0.15) is 54.1 Å². The van der Waals surface area contributed by atoms with E-state index in [1.807, 2.05) is 38.1 Å². The number of phenols is 1. The van der Waals surface area contributed by atoms with Crippen LogP contribution in [-0.2, 0) is 60.8 Å². The molecule has 508 valence electrons. The highest BCUT2D eigenvalue weighted by Crippen LogP contribution is 2.23. The highest BCUT2D eigenvalue weighted by atomic mass is 16.3. The summed E-state index contributed by atoms with van der Waals surface area (Å²) in [7, 11) is 0. The van der Waals surface area contributed by atoms with E-state index >= 15 is 0 Å². The molecule has 2 aliphatic rings. The Balaban J connectivity index is 1.37. The second-order valence-electron chi connectivity index (χ2n) is 24.5. The van der Waals surface area contributed by atoms with Crippen LogP contribution in [0.2, 0.25) is 0 Å². The zero-order valence-corrected chi connectivity index (χ0v) is 53.8. The van der Waals surface area contributed by atoms with Crippen molar-refractivity contribution < 1.29 is 58.2 Å². The van der Waals surface area contributed by atoms with E-state index < -0.39 is 115 Å². The van der Waals surface area contributed by atoms with Gasteiger partial charge in [-0.05, 0) is 113 Å². The van der Waals surface area contributed by atoms with Gasteiger partial charge in [0.15, 0.2) is 5.96 Å². The molecule has 10 amide bonds. The summed E-state index contributed by atoms with van der Waals surface area (Å²) in [6, 6.07) is 2.97. The number of nitrogens with zero attached hydrogens (tertiary/aromatic N) is 2. The van der Waals surface area contributed by atoms with Crippen LogP contribution in [0.5, 0.6) is 5.75 Å². The first kappa shape index (κ1) is 74.4. The van der Waals surface area contributed by atoms with E-state index in [9.17, 15) is 58.2 Å². The first-order chi connectivity index (χ1) is 44.2. The maximum absolute atomic E-state index is 14.9. The molecule has 0 aliphatic carbocycles. The van der Waals surface area contributed by atoms with Crippen LogP contribution in [0.15, 0.2) is 59.7 Å². The van der Waals surface area contributed by atoms with Gasteiger partial charge in [0, 0.05) is 49.5 Å². The molecule has 2 aliphatic heterocycles. The number of aliphatic hydroxyl groups excluding tert-OH is 1. The lowest BCUT2D eigenvalue weighted by molar-refractivity contribution is -0.142. The maximum Gasteiger partial charge on any atom is 0.245 e. The third-order valence-corrected chi connectivity index (χ3v) is 16.5. The molecule has 0 bridgehead atoms. The van der Waals surface area contributed by atoms with E-state index in [1.165, 1.54) is 74.1 Å². The second kappa shape index (κ2) is 39.8. The number of nitrogens with two attached hydrogens (primary N) is 3. The Morgan fingerprint density at radius 1 is 0.652 bits per heavy atom. The number of unbranched alkanes of at least 4 members (excludes halogenated alkanes) is 10. The van der Waals surface area contributed by atoms with E-state index in [2.05, 4.69) is 64.8 Å². The minimum atomic E-state index is -1.69. The molecule has 2 saturated heterocycles. The zero-order valence-electron chi connectivity index (χ0n) is 53.8. The lowest BCUT2D eigenvalue weighted by Crippen LogP contribution is -2.61. The molecule has 0 saturated carbocycles. The molecule has 0 spiro atoms. The number of primary amides is 1. The van der Waals surface area contributed by atoms with Gasteiger partial charge in [-0.3, -0.25) is 52.9 Å². The largest absolute Gasteiger partial charge is 0.508 e. The average Bonchev–Trinajstić information content (AvgIpc) is 1.76. The number of aliphatic imine (C=N–C) groups is 1. The number of rotatable bonds is 43. The number of likely N-dealkylation sites (tertiary alicyclic amines) is 1. The molecule has 92 heavy (non-hydrogen) atoms. The van der Waals surface area contributed by atoms with Crippen molar-refractivity contribution in [2.45, 2.75) is 210 Å². The molecule has 2 fully saturated rings. The number of benzene rings is 2. The molecule has 5 rings (SSSR count). The molecule has 3 aromatic rings. The SMILES string of the molecule is CCCCCCCCCCCCNCCCC[C@@H](NC(=O)[C@H](Cc1ccc(O)cc1)NC(=O)[C@H](CO)NC(=O)[C@H](Cc1c[nH]c2ccccc12)NC(=O)[C@@H]1CCC(=O)N1)C(=O)N[C@@H](CC(C)C)C(=O)N[C@@H](CCCN=C(N)N)C(=O)N1CCC[C@H]1C(=O)NCC(N)=O. The first-order valence-corrected chi connectivity index (χ1v) is 32.9. The number of guanidine groups is 1. The number of aromatic nitrogens is 1. The van der Waals surface area contributed by atoms with Gasteiger partial charge in [-0.2, -0.15) is 0 Å². The van der Waals surface area contributed by atoms with Gasteiger partial charge in [-0.1, -0.05) is 109 Å². The van der Waals surface area contributed by atoms with Crippen LogP contribution in [0.3, 0.4) is 0 Å². The summed E-state index contributed by atoms with van der Waals surface area (Å²) in [5.74, 6) is -7.56. The Kier molecular flexibility index (Phi) is 32.2. The van der Waals surface area contributed by atoms with Gasteiger partial charge in [0.25, 0.3) is 0 Å². The van der Waals surface area contributed by atoms with Gasteiger partial charge < -0.3 is 85.1 Å². The third kappa shape index (κ3) is 25.7. The number of hydrogen-bond acceptors (Lipinski definition) is 14. The van der Waals surface area contributed by atoms with Crippen molar-refractivity contribution in [2.24, 2.45) is 28.1 Å². The molecular weight excluding hydrogens is 1180 g/mol. The van der Waals surface area contributed by atoms with Crippen LogP contribution in [-0.4, -0.2) is 173 Å². The van der Waals surface area contributed by atoms with Crippen LogP contribution in [0.4, 0.5) is 0 Å². The Labute approximate surface area is 539 Å². The number of hydrogen-bond donors (Lipinski definition) is 15. The monoisotopic (exact) mass is 1280 g/mol. The second-order valence-corrected chi connectivity index (χ2v) is 24.5. The van der Waals surface area contributed by atoms with Crippen molar-refractivity contribution in [3.8, 4) is 5.75 Å². The van der Waals surface area contributed by atoms with Crippen molar-refractivity contribution in [1.29, 1.82) is 0 Å². The lowest BCUT2D eigenvalue weighted by atomic mass is 10.00. The number of H-pyrrole nitrogens is 1. The fourth-order valence-electron chi connectivity index (χ4n) is 11.4. The summed E-state index contributed by atoms with van der Waals surface area (Å²) in [6.45, 7) is 6.18. The highest BCUT2D eigenvalue weighted by molar-refractivity contribution is 5.99. The summed E-state index contributed by atoms with van der Waals surface area (Å²) in [6.07, 6.45) is 15.9. The number of fused-ring (bicyclic) bond motifs is 1. The number of nitrogens with one attached hydrogen (secondary N) is 10. The topological polar surface area (TPSA) is 429 Å². The average molecular weight is 1280 g/mol. The number of carbonyl (C=O) groups is 10. The summed E-state index contributed by atoms with van der Waals surface area (Å²) >= 11 is 0. The predicted molar refractivity (Wildman–Crippen MR) is 349 cm³/mol. The maximum atomic E-state index is 14.9. The van der Waals surface area contributed by atoms with E-state index in [1.54, 1.807) is 6.20 Å². The molecule has 27 nitrogen and oxygen atoms in total. The third-order valence-electron chi connectivity index (χ3n) is 16.5. The molecular formula is C65H101N15O12. The summed E-state index contributed by atoms with van der Waals surface area (Å²) in [5.41, 5.74) is 18.3. The minimum Gasteiger partial charge on any atom is -0.508 e. The van der Waals surface area contributed by atoms with Crippen molar-refractivity contribution in [3.63, 3.8) is 0 Å². The normalized spacial score (nSPS) is 16.5. The molecule has 0 radical (unpaired) electrons. The van der Waals surface area contributed by atoms with E-state index in [0.717, 1.165) is 36.7 Å². The summed E-state index contributed by atoms with van der Waals surface area (Å²) in [4.78, 5) is 146. The van der Waals surface area contributed by atoms with Crippen molar-refractivity contribution in [1.82, 2.24) is 57.7 Å². The summed E-state index contributed by atoms with van der Waals surface area (Å²) in [5, 5.41) is 46.6. The molecule has 8 atom stereocenters. The molecule has 0 unspecified atom stereocenters. The van der Waals surface area contributed by atoms with E-state index in [0.29, 0.717) is 36.9 Å². The fourth-order valence-corrected chi connectivity index (χ4v) is 11.4. The Morgan fingerprint density at radius 2 is 1.23 bits per heavy atom. The molecule has 1 aromatic heterocycles. The number of phenolic OH excluding ortho intramolecular Hbond substituents is 1. The minimum absolute atomic E-state index is 0.0279. The number of amides is 10. The standard InChI is InChI=1S/C65H101N15O12/c1-4-5-6-7-8-9-10-11-12-16-31-69-32-17-15-22-47(57(85)76-50(35-41(2)3)59(87)75-49(23-18-33-70-65(67)68)64(92)80-34-19-24-54(80)63(91)72-39-55(66)83)74-60(88)51(36-42-25-27-44(82)28-26-42)77-62(90)53(40-81)79-61(89)52(78-58(86)48-29-30-56(84)73-48)37-43-38-71-46-21-14-13-20-45(43)46/h13-14,20-21,25-28,38,41,47-54,69,71,81-82H,4-12,15-19,22-24,29-37,39-40H2,1-3H3,(H2,66,83)(H,72,91)(H,73,84)(H,74,88)(H,75,87)(H,76,85)(H,77,90)(H,78,86)(H,79,89)(H4,67,68,70)/t47-,48+,49+,50+,51+,52+,53+,54+/m1/s1. The van der Waals surface area contributed by atoms with E-state index in [-0.39, 0.29) is 94.4 Å². The van der Waals surface area contributed by atoms with Crippen molar-refractivity contribution >= 4 is 75.9 Å². The number of aliphatic hydroxyl groups is 1. The van der Waals surface area contributed by atoms with E-state index in [4.69, 9.17) is 17.2 Å². The first-order valence-electron chi connectivity index (χ1n) is 32.9. The van der Waals surface area contributed by atoms with Gasteiger partial charge in [-0.25, -0.2) is 0 Å². The van der Waals surface area contributed by atoms with Gasteiger partial charge >= 0.3 is 0 Å². The van der Waals surface area contributed by atoms with Crippen LogP contribution < -0.4 is 65.1 Å². The quantitative estimate of drug-likeness (QED) is 0.0215. The summed E-state index contributed by atoms with van der Waals surface area (Å²) < 4.78 is 0. The highest BCUT2D eigenvalue weighted by Gasteiger charge is 2.40. The Morgan fingerprint density at radius 3 is 1.87 bits per heavy atom. The smallest absolute Gasteiger partial charge is 0.245 e. The predicted octanol–water partition coefficient (Wildman–Crippen LogP) is 1.21.